The average Bonchev–Trinajstić information content (AvgIpc) is 2.16. The summed E-state index contributed by atoms with van der Waals surface area (Å²) in [5.74, 6) is 0.324. The highest BCUT2D eigenvalue weighted by Crippen LogP contribution is 2.27. The van der Waals surface area contributed by atoms with Gasteiger partial charge in [0, 0.05) is 0 Å². The van der Waals surface area contributed by atoms with Crippen LogP contribution in [0.4, 0.5) is 0 Å². The Balaban J connectivity index is 2.65. The summed E-state index contributed by atoms with van der Waals surface area (Å²) < 4.78 is 5.22. The molecule has 15 heavy (non-hydrogen) atoms. The standard InChI is InChI=1S/C12H15BrO2/c1-12(2,3)10(13)11(14)15-9-7-5-4-6-8-9/h4-8,10H,1-3H3/t10-/m0/s1. The molecule has 0 aliphatic carbocycles. The molecule has 0 N–H and O–H groups in total. The Kier molecular flexibility index (Phi) is 3.91. The number of alkyl halides is 1. The average molecular weight is 271 g/mol. The number of rotatable bonds is 2. The lowest BCUT2D eigenvalue weighted by Gasteiger charge is -2.23. The first-order chi connectivity index (χ1) is 6.91. The molecule has 0 aliphatic heterocycles. The normalized spacial score (nSPS) is 13.3. The van der Waals surface area contributed by atoms with Crippen molar-refractivity contribution in [2.45, 2.75) is 25.6 Å². The third kappa shape index (κ3) is 3.67. The van der Waals surface area contributed by atoms with Crippen molar-refractivity contribution in [1.29, 1.82) is 0 Å². The number of halogens is 1. The third-order valence-corrected chi connectivity index (χ3v) is 3.68. The lowest BCUT2D eigenvalue weighted by Crippen LogP contribution is -2.32. The molecule has 1 aromatic rings. The van der Waals surface area contributed by atoms with Gasteiger partial charge >= 0.3 is 5.97 Å². The maximum Gasteiger partial charge on any atom is 0.325 e. The van der Waals surface area contributed by atoms with Crippen molar-refractivity contribution < 1.29 is 9.53 Å². The molecule has 0 aromatic heterocycles. The number of hydrogen-bond acceptors (Lipinski definition) is 2. The molecule has 1 rings (SSSR count). The highest BCUT2D eigenvalue weighted by atomic mass is 79.9. The number of carbonyl (C=O) groups is 1. The molecule has 0 aliphatic rings. The largest absolute Gasteiger partial charge is 0.426 e. The van der Waals surface area contributed by atoms with Crippen LogP contribution in [0.2, 0.25) is 0 Å². The SMILES string of the molecule is CC(C)(C)[C@@H](Br)C(=O)Oc1ccccc1. The molecule has 0 radical (unpaired) electrons. The van der Waals surface area contributed by atoms with E-state index in [0.717, 1.165) is 0 Å². The van der Waals surface area contributed by atoms with Crippen LogP contribution in [0.15, 0.2) is 30.3 Å². The molecule has 0 heterocycles. The topological polar surface area (TPSA) is 26.3 Å². The lowest BCUT2D eigenvalue weighted by atomic mass is 9.92. The van der Waals surface area contributed by atoms with Gasteiger partial charge in [0.2, 0.25) is 0 Å². The molecular weight excluding hydrogens is 256 g/mol. The van der Waals surface area contributed by atoms with Crippen LogP contribution in [0.3, 0.4) is 0 Å². The van der Waals surface area contributed by atoms with Crippen molar-refractivity contribution >= 4 is 21.9 Å². The molecular formula is C12H15BrO2. The van der Waals surface area contributed by atoms with Crippen molar-refractivity contribution in [2.24, 2.45) is 5.41 Å². The highest BCUT2D eigenvalue weighted by molar-refractivity contribution is 9.10. The Labute approximate surface area is 98.8 Å². The van der Waals surface area contributed by atoms with Crippen molar-refractivity contribution in [3.05, 3.63) is 30.3 Å². The Morgan fingerprint density at radius 3 is 2.27 bits per heavy atom. The first-order valence-electron chi connectivity index (χ1n) is 4.82. The van der Waals surface area contributed by atoms with Crippen LogP contribution in [-0.4, -0.2) is 10.8 Å². The minimum Gasteiger partial charge on any atom is -0.426 e. The molecule has 1 atom stereocenters. The van der Waals surface area contributed by atoms with E-state index < -0.39 is 0 Å². The fraction of sp³-hybridized carbons (Fsp3) is 0.417. The van der Waals surface area contributed by atoms with Gasteiger partial charge in [-0.15, -0.1) is 0 Å². The molecule has 82 valence electrons. The van der Waals surface area contributed by atoms with Gasteiger partial charge in [-0.3, -0.25) is 4.79 Å². The van der Waals surface area contributed by atoms with Crippen LogP contribution >= 0.6 is 15.9 Å². The van der Waals surface area contributed by atoms with E-state index >= 15 is 0 Å². The number of benzene rings is 1. The molecule has 0 spiro atoms. The summed E-state index contributed by atoms with van der Waals surface area (Å²) in [6.45, 7) is 5.95. The van der Waals surface area contributed by atoms with Crippen molar-refractivity contribution in [1.82, 2.24) is 0 Å². The molecule has 0 fully saturated rings. The van der Waals surface area contributed by atoms with E-state index in [1.807, 2.05) is 39.0 Å². The van der Waals surface area contributed by atoms with Gasteiger partial charge in [0.25, 0.3) is 0 Å². The van der Waals surface area contributed by atoms with Gasteiger partial charge in [-0.1, -0.05) is 54.9 Å². The van der Waals surface area contributed by atoms with Crippen molar-refractivity contribution in [3.8, 4) is 5.75 Å². The molecule has 0 bridgehead atoms. The molecule has 2 nitrogen and oxygen atoms in total. The Morgan fingerprint density at radius 1 is 1.27 bits per heavy atom. The number of esters is 1. The predicted molar refractivity (Wildman–Crippen MR) is 64.2 cm³/mol. The molecule has 1 aromatic carbocycles. The van der Waals surface area contributed by atoms with Crippen molar-refractivity contribution in [3.63, 3.8) is 0 Å². The van der Waals surface area contributed by atoms with Crippen LogP contribution in [0.1, 0.15) is 20.8 Å². The second-order valence-electron chi connectivity index (χ2n) is 4.46. The van der Waals surface area contributed by atoms with Crippen LogP contribution in [-0.2, 0) is 4.79 Å². The smallest absolute Gasteiger partial charge is 0.325 e. The van der Waals surface area contributed by atoms with Gasteiger partial charge in [-0.25, -0.2) is 0 Å². The summed E-state index contributed by atoms with van der Waals surface area (Å²) in [5.41, 5.74) is -0.147. The zero-order chi connectivity index (χ0) is 11.5. The highest BCUT2D eigenvalue weighted by Gasteiger charge is 2.30. The number of hydrogen-bond donors (Lipinski definition) is 0. The second-order valence-corrected chi connectivity index (χ2v) is 5.38. The predicted octanol–water partition coefficient (Wildman–Crippen LogP) is 3.40. The lowest BCUT2D eigenvalue weighted by molar-refractivity contribution is -0.135. The van der Waals surface area contributed by atoms with E-state index in [2.05, 4.69) is 15.9 Å². The number of para-hydroxylation sites is 1. The molecule has 0 amide bonds. The fourth-order valence-corrected chi connectivity index (χ4v) is 1.10. The van der Waals surface area contributed by atoms with Crippen LogP contribution in [0, 0.1) is 5.41 Å². The summed E-state index contributed by atoms with van der Waals surface area (Å²) in [6.07, 6.45) is 0. The zero-order valence-corrected chi connectivity index (χ0v) is 10.7. The maximum absolute atomic E-state index is 11.7. The molecule has 0 unspecified atom stereocenters. The van der Waals surface area contributed by atoms with Gasteiger partial charge < -0.3 is 4.74 Å². The molecule has 3 heteroatoms. The summed E-state index contributed by atoms with van der Waals surface area (Å²) >= 11 is 3.35. The van der Waals surface area contributed by atoms with Gasteiger partial charge in [-0.2, -0.15) is 0 Å². The van der Waals surface area contributed by atoms with Gasteiger partial charge in [0.15, 0.2) is 0 Å². The van der Waals surface area contributed by atoms with Crippen molar-refractivity contribution in [2.75, 3.05) is 0 Å². The van der Waals surface area contributed by atoms with Crippen LogP contribution in [0.25, 0.3) is 0 Å². The first-order valence-corrected chi connectivity index (χ1v) is 5.73. The fourth-order valence-electron chi connectivity index (χ4n) is 1.01. The minimum atomic E-state index is -0.301. The Bertz CT molecular complexity index is 327. The maximum atomic E-state index is 11.7. The Morgan fingerprint density at radius 2 is 1.80 bits per heavy atom. The van der Waals surface area contributed by atoms with E-state index in [9.17, 15) is 4.79 Å². The molecule has 0 saturated heterocycles. The summed E-state index contributed by atoms with van der Waals surface area (Å²) in [6, 6.07) is 9.08. The van der Waals surface area contributed by atoms with Crippen LogP contribution in [0.5, 0.6) is 5.75 Å². The van der Waals surface area contributed by atoms with E-state index in [1.165, 1.54) is 0 Å². The van der Waals surface area contributed by atoms with E-state index in [0.29, 0.717) is 5.75 Å². The number of carbonyl (C=O) groups excluding carboxylic acids is 1. The quantitative estimate of drug-likeness (QED) is 0.468. The second kappa shape index (κ2) is 4.79. The van der Waals surface area contributed by atoms with E-state index in [1.54, 1.807) is 12.1 Å². The third-order valence-electron chi connectivity index (χ3n) is 1.93. The summed E-state index contributed by atoms with van der Waals surface area (Å²) in [4.78, 5) is 11.4. The van der Waals surface area contributed by atoms with Gasteiger partial charge in [0.1, 0.15) is 10.6 Å². The monoisotopic (exact) mass is 270 g/mol. The van der Waals surface area contributed by atoms with Gasteiger partial charge in [0.05, 0.1) is 0 Å². The summed E-state index contributed by atoms with van der Waals surface area (Å²) in [7, 11) is 0. The van der Waals surface area contributed by atoms with Crippen LogP contribution < -0.4 is 4.74 Å². The first kappa shape index (κ1) is 12.2. The zero-order valence-electron chi connectivity index (χ0n) is 9.16. The number of ether oxygens (including phenoxy) is 1. The summed E-state index contributed by atoms with van der Waals surface area (Å²) in [5, 5.41) is 0. The van der Waals surface area contributed by atoms with E-state index in [4.69, 9.17) is 4.74 Å². The Hall–Kier alpha value is -0.830. The molecule has 0 saturated carbocycles. The van der Waals surface area contributed by atoms with E-state index in [-0.39, 0.29) is 16.2 Å². The minimum absolute atomic E-state index is 0.147. The van der Waals surface area contributed by atoms with Gasteiger partial charge in [-0.05, 0) is 17.5 Å².